The molecule has 6 heteroatoms. The third-order valence-electron chi connectivity index (χ3n) is 2.25. The summed E-state index contributed by atoms with van der Waals surface area (Å²) in [5.41, 5.74) is 6.23. The van der Waals surface area contributed by atoms with Crippen LogP contribution >= 0.6 is 0 Å². The summed E-state index contributed by atoms with van der Waals surface area (Å²) in [4.78, 5) is 3.96. The van der Waals surface area contributed by atoms with Gasteiger partial charge in [-0.1, -0.05) is 6.07 Å². The predicted octanol–water partition coefficient (Wildman–Crippen LogP) is 0.999. The van der Waals surface area contributed by atoms with Crippen LogP contribution in [0, 0.1) is 5.82 Å². The van der Waals surface area contributed by atoms with Crippen molar-refractivity contribution in [3.05, 3.63) is 30.2 Å². The lowest BCUT2D eigenvalue weighted by atomic mass is 10.2. The molecule has 0 unspecified atom stereocenters. The molecule has 3 rings (SSSR count). The molecule has 0 spiro atoms. The maximum absolute atomic E-state index is 13.4. The first kappa shape index (κ1) is 8.10. The third kappa shape index (κ3) is 0.983. The van der Waals surface area contributed by atoms with Crippen molar-refractivity contribution in [3.63, 3.8) is 0 Å². The molecule has 0 aliphatic carbocycles. The molecule has 3 aromatic rings. The minimum absolute atomic E-state index is 0.203. The number of aromatic nitrogens is 4. The van der Waals surface area contributed by atoms with E-state index in [9.17, 15) is 4.39 Å². The Hall–Kier alpha value is -2.24. The molecule has 1 aromatic carbocycles. The van der Waals surface area contributed by atoms with E-state index in [1.165, 1.54) is 16.7 Å². The molecule has 0 radical (unpaired) electrons. The van der Waals surface area contributed by atoms with Crippen LogP contribution in [0.4, 0.5) is 10.3 Å². The van der Waals surface area contributed by atoms with Crippen LogP contribution in [0.2, 0.25) is 0 Å². The van der Waals surface area contributed by atoms with Crippen LogP contribution in [0.25, 0.3) is 16.7 Å². The second-order valence-corrected chi connectivity index (χ2v) is 3.12. The van der Waals surface area contributed by atoms with Crippen LogP contribution in [0.3, 0.4) is 0 Å². The van der Waals surface area contributed by atoms with Crippen molar-refractivity contribution in [1.82, 2.24) is 19.6 Å². The topological polar surface area (TPSA) is 69.1 Å². The fourth-order valence-electron chi connectivity index (χ4n) is 1.57. The molecule has 0 bridgehead atoms. The molecule has 0 aliphatic rings. The van der Waals surface area contributed by atoms with Crippen molar-refractivity contribution in [2.24, 2.45) is 0 Å². The Morgan fingerprint density at radius 1 is 1.27 bits per heavy atom. The van der Waals surface area contributed by atoms with Gasteiger partial charge in [0.25, 0.3) is 5.78 Å². The van der Waals surface area contributed by atoms with Gasteiger partial charge < -0.3 is 5.73 Å². The Morgan fingerprint density at radius 2 is 2.13 bits per heavy atom. The molecule has 0 fully saturated rings. The largest absolute Gasteiger partial charge is 0.368 e. The normalized spacial score (nSPS) is 11.3. The van der Waals surface area contributed by atoms with Crippen molar-refractivity contribution < 1.29 is 4.39 Å². The van der Waals surface area contributed by atoms with Crippen molar-refractivity contribution in [2.75, 3.05) is 5.73 Å². The quantitative estimate of drug-likeness (QED) is 0.591. The molecule has 0 amide bonds. The first-order valence-electron chi connectivity index (χ1n) is 4.31. The van der Waals surface area contributed by atoms with E-state index in [0.29, 0.717) is 16.7 Å². The third-order valence-corrected chi connectivity index (χ3v) is 2.25. The maximum atomic E-state index is 13.4. The van der Waals surface area contributed by atoms with Gasteiger partial charge in [-0.25, -0.2) is 13.8 Å². The second kappa shape index (κ2) is 2.63. The highest BCUT2D eigenvalue weighted by atomic mass is 19.1. The van der Waals surface area contributed by atoms with E-state index in [2.05, 4.69) is 15.2 Å². The van der Waals surface area contributed by atoms with Crippen molar-refractivity contribution in [1.29, 1.82) is 0 Å². The minimum Gasteiger partial charge on any atom is -0.368 e. The van der Waals surface area contributed by atoms with E-state index >= 15 is 0 Å². The summed E-state index contributed by atoms with van der Waals surface area (Å²) in [5, 5.41) is 7.83. The first-order valence-corrected chi connectivity index (χ1v) is 4.31. The fourth-order valence-corrected chi connectivity index (χ4v) is 1.57. The van der Waals surface area contributed by atoms with Crippen LogP contribution in [-0.4, -0.2) is 19.6 Å². The summed E-state index contributed by atoms with van der Waals surface area (Å²) in [5.74, 6) is 0.231. The monoisotopic (exact) mass is 203 g/mol. The van der Waals surface area contributed by atoms with Gasteiger partial charge in [-0.05, 0) is 12.1 Å². The molecule has 0 saturated carbocycles. The van der Waals surface area contributed by atoms with Gasteiger partial charge in [0.05, 0.1) is 10.9 Å². The van der Waals surface area contributed by atoms with Gasteiger partial charge in [0.15, 0.2) is 0 Å². The number of benzene rings is 1. The summed E-state index contributed by atoms with van der Waals surface area (Å²) >= 11 is 0. The number of hydrogen-bond donors (Lipinski definition) is 1. The summed E-state index contributed by atoms with van der Waals surface area (Å²) in [7, 11) is 0. The molecule has 2 N–H and O–H groups in total. The number of rotatable bonds is 0. The van der Waals surface area contributed by atoms with E-state index in [1.54, 1.807) is 12.1 Å². The Bertz CT molecular complexity index is 660. The zero-order valence-corrected chi connectivity index (χ0v) is 7.55. The van der Waals surface area contributed by atoms with Gasteiger partial charge in [-0.15, -0.1) is 10.2 Å². The zero-order chi connectivity index (χ0) is 10.4. The van der Waals surface area contributed by atoms with E-state index in [0.717, 1.165) is 0 Å². The lowest BCUT2D eigenvalue weighted by Crippen LogP contribution is -1.97. The molecule has 0 aliphatic heterocycles. The van der Waals surface area contributed by atoms with Crippen LogP contribution in [-0.2, 0) is 0 Å². The maximum Gasteiger partial charge on any atom is 0.256 e. The van der Waals surface area contributed by atoms with Gasteiger partial charge in [0, 0.05) is 6.20 Å². The van der Waals surface area contributed by atoms with Crippen LogP contribution < -0.4 is 5.73 Å². The molecule has 15 heavy (non-hydrogen) atoms. The molecule has 0 saturated heterocycles. The van der Waals surface area contributed by atoms with Gasteiger partial charge in [-0.3, -0.25) is 0 Å². The number of halogens is 1. The van der Waals surface area contributed by atoms with Crippen molar-refractivity contribution in [3.8, 4) is 0 Å². The Labute approximate surface area is 83.4 Å². The number of nitrogens with two attached hydrogens (primary N) is 1. The number of fused-ring (bicyclic) bond motifs is 3. The van der Waals surface area contributed by atoms with E-state index < -0.39 is 0 Å². The molecular weight excluding hydrogens is 197 g/mol. The lowest BCUT2D eigenvalue weighted by Gasteiger charge is -2.01. The Kier molecular flexibility index (Phi) is 1.42. The molecule has 0 atom stereocenters. The number of nitrogen functional groups attached to an aromatic ring is 1. The summed E-state index contributed by atoms with van der Waals surface area (Å²) in [6.45, 7) is 0. The van der Waals surface area contributed by atoms with Crippen LogP contribution in [0.5, 0.6) is 0 Å². The van der Waals surface area contributed by atoms with Crippen LogP contribution in [0.15, 0.2) is 24.4 Å². The van der Waals surface area contributed by atoms with Crippen LogP contribution in [0.1, 0.15) is 0 Å². The summed E-state index contributed by atoms with van der Waals surface area (Å²) in [6.07, 6.45) is 1.42. The standard InChI is InChI=1S/C9H6FN5/c10-6-2-1-3-7-5(6)4-12-9-14-13-8(11)15(7)9/h1-4H,(H2,11,13). The molecule has 2 aromatic heterocycles. The number of nitrogens with zero attached hydrogens (tertiary/aromatic N) is 4. The summed E-state index contributed by atoms with van der Waals surface area (Å²) < 4.78 is 14.9. The van der Waals surface area contributed by atoms with E-state index in [1.807, 2.05) is 0 Å². The Morgan fingerprint density at radius 3 is 3.00 bits per heavy atom. The molecule has 5 nitrogen and oxygen atoms in total. The smallest absolute Gasteiger partial charge is 0.256 e. The number of hydrogen-bond acceptors (Lipinski definition) is 4. The minimum atomic E-state index is -0.338. The SMILES string of the molecule is Nc1nnc2ncc3c(F)cccc3n12. The molecular formula is C9H6FN5. The zero-order valence-electron chi connectivity index (χ0n) is 7.55. The van der Waals surface area contributed by atoms with Gasteiger partial charge in [0.1, 0.15) is 5.82 Å². The van der Waals surface area contributed by atoms with Gasteiger partial charge in [0.2, 0.25) is 5.95 Å². The fraction of sp³-hybridized carbons (Fsp3) is 0. The predicted molar refractivity (Wildman–Crippen MR) is 52.7 cm³/mol. The molecule has 74 valence electrons. The van der Waals surface area contributed by atoms with Gasteiger partial charge >= 0.3 is 0 Å². The highest BCUT2D eigenvalue weighted by Crippen LogP contribution is 2.18. The highest BCUT2D eigenvalue weighted by molar-refractivity contribution is 5.81. The number of anilines is 1. The van der Waals surface area contributed by atoms with Crippen molar-refractivity contribution in [2.45, 2.75) is 0 Å². The highest BCUT2D eigenvalue weighted by Gasteiger charge is 2.08. The van der Waals surface area contributed by atoms with Crippen molar-refractivity contribution >= 4 is 22.6 Å². The van der Waals surface area contributed by atoms with E-state index in [4.69, 9.17) is 5.73 Å². The Balaban J connectivity index is 2.64. The summed E-state index contributed by atoms with van der Waals surface area (Å²) in [6, 6.07) is 4.72. The average Bonchev–Trinajstić information content (AvgIpc) is 2.61. The van der Waals surface area contributed by atoms with E-state index in [-0.39, 0.29) is 11.8 Å². The first-order chi connectivity index (χ1) is 7.27. The second-order valence-electron chi connectivity index (χ2n) is 3.12. The average molecular weight is 203 g/mol. The molecule has 2 heterocycles. The lowest BCUT2D eigenvalue weighted by molar-refractivity contribution is 0.639. The van der Waals surface area contributed by atoms with Gasteiger partial charge in [-0.2, -0.15) is 0 Å².